The fourth-order valence-electron chi connectivity index (χ4n) is 4.29. The molecule has 1 saturated carbocycles. The predicted molar refractivity (Wildman–Crippen MR) is 115 cm³/mol. The van der Waals surface area contributed by atoms with Gasteiger partial charge in [-0.15, -0.1) is 0 Å². The highest BCUT2D eigenvalue weighted by atomic mass is 16.5. The Hall–Kier alpha value is -3.15. The minimum Gasteiger partial charge on any atom is -0.497 e. The van der Waals surface area contributed by atoms with Crippen molar-refractivity contribution in [3.63, 3.8) is 0 Å². The largest absolute Gasteiger partial charge is 0.497 e. The molecule has 1 aromatic carbocycles. The van der Waals surface area contributed by atoms with Gasteiger partial charge in [-0.1, -0.05) is 19.3 Å². The van der Waals surface area contributed by atoms with Gasteiger partial charge >= 0.3 is 0 Å². The number of ether oxygens (including phenoxy) is 1. The van der Waals surface area contributed by atoms with Crippen molar-refractivity contribution in [2.75, 3.05) is 13.7 Å². The Bertz CT molecular complexity index is 1020. The van der Waals surface area contributed by atoms with E-state index >= 15 is 0 Å². The van der Waals surface area contributed by atoms with Gasteiger partial charge in [0, 0.05) is 48.6 Å². The van der Waals surface area contributed by atoms with Crippen molar-refractivity contribution < 1.29 is 14.3 Å². The van der Waals surface area contributed by atoms with Crippen LogP contribution in [0.15, 0.2) is 48.9 Å². The van der Waals surface area contributed by atoms with Gasteiger partial charge in [0.2, 0.25) is 0 Å². The second-order valence-corrected chi connectivity index (χ2v) is 7.99. The number of nitrogens with one attached hydrogen (secondary N) is 1. The number of fused-ring (bicyclic) bond motifs is 1. The van der Waals surface area contributed by atoms with Crippen LogP contribution in [-0.2, 0) is 11.3 Å². The molecule has 0 unspecified atom stereocenters. The highest BCUT2D eigenvalue weighted by molar-refractivity contribution is 6.44. The first-order valence-electron chi connectivity index (χ1n) is 10.5. The normalized spacial score (nSPS) is 14.6. The minimum atomic E-state index is -0.476. The number of aromatic nitrogens is 2. The summed E-state index contributed by atoms with van der Waals surface area (Å²) in [6, 6.07) is 9.23. The summed E-state index contributed by atoms with van der Waals surface area (Å²) in [5.41, 5.74) is 2.16. The molecule has 1 N–H and O–H groups in total. The average molecular weight is 405 g/mol. The van der Waals surface area contributed by atoms with E-state index in [1.807, 2.05) is 24.3 Å². The first kappa shape index (κ1) is 20.1. The lowest BCUT2D eigenvalue weighted by molar-refractivity contribution is -0.127. The van der Waals surface area contributed by atoms with E-state index in [-0.39, 0.29) is 0 Å². The molecule has 2 aromatic heterocycles. The number of H-pyrrole nitrogens is 1. The predicted octanol–water partition coefficient (Wildman–Crippen LogP) is 4.36. The van der Waals surface area contributed by atoms with Gasteiger partial charge in [0.25, 0.3) is 11.7 Å². The maximum absolute atomic E-state index is 13.3. The highest BCUT2D eigenvalue weighted by Gasteiger charge is 2.28. The van der Waals surface area contributed by atoms with Crippen molar-refractivity contribution in [3.8, 4) is 5.75 Å². The quantitative estimate of drug-likeness (QED) is 0.468. The average Bonchev–Trinajstić information content (AvgIpc) is 3.22. The van der Waals surface area contributed by atoms with Gasteiger partial charge in [-0.05, 0) is 48.6 Å². The molecule has 1 fully saturated rings. The van der Waals surface area contributed by atoms with Crippen LogP contribution in [0.5, 0.6) is 5.75 Å². The van der Waals surface area contributed by atoms with Gasteiger partial charge in [-0.25, -0.2) is 0 Å². The first-order chi connectivity index (χ1) is 14.7. The summed E-state index contributed by atoms with van der Waals surface area (Å²) in [6.07, 6.45) is 10.9. The Morgan fingerprint density at radius 2 is 1.90 bits per heavy atom. The fourth-order valence-corrected chi connectivity index (χ4v) is 4.29. The zero-order valence-electron chi connectivity index (χ0n) is 17.3. The molecule has 1 amide bonds. The van der Waals surface area contributed by atoms with E-state index in [2.05, 4.69) is 9.97 Å². The third-order valence-corrected chi connectivity index (χ3v) is 5.94. The standard InChI is InChI=1S/C24H27N3O3/c1-30-19-7-8-20-21(14-26-22(20)13-19)23(28)24(29)27(15-17-5-3-2-4-6-17)16-18-9-11-25-12-10-18/h7-14,17,26H,2-6,15-16H2,1H3. The molecule has 0 atom stereocenters. The van der Waals surface area contributed by atoms with Gasteiger partial charge in [-0.3, -0.25) is 14.6 Å². The molecule has 0 aliphatic heterocycles. The number of hydrogen-bond acceptors (Lipinski definition) is 4. The number of carbonyl (C=O) groups is 2. The number of rotatable bonds is 7. The summed E-state index contributed by atoms with van der Waals surface area (Å²) in [6.45, 7) is 1.03. The van der Waals surface area contributed by atoms with E-state index in [0.717, 1.165) is 29.3 Å². The monoisotopic (exact) mass is 405 g/mol. The van der Waals surface area contributed by atoms with Crippen molar-refractivity contribution in [2.45, 2.75) is 38.6 Å². The Morgan fingerprint density at radius 3 is 2.63 bits per heavy atom. The molecule has 1 aliphatic carbocycles. The van der Waals surface area contributed by atoms with Crippen LogP contribution in [0.1, 0.15) is 48.0 Å². The molecule has 0 saturated heterocycles. The molecule has 0 radical (unpaired) electrons. The molecular formula is C24H27N3O3. The molecule has 30 heavy (non-hydrogen) atoms. The number of amides is 1. The molecule has 0 spiro atoms. The molecular weight excluding hydrogens is 378 g/mol. The number of pyridine rings is 1. The number of benzene rings is 1. The number of nitrogens with zero attached hydrogens (tertiary/aromatic N) is 2. The Morgan fingerprint density at radius 1 is 1.13 bits per heavy atom. The topological polar surface area (TPSA) is 75.3 Å². The summed E-state index contributed by atoms with van der Waals surface area (Å²) in [4.78, 5) is 35.4. The number of aromatic amines is 1. The molecule has 3 aromatic rings. The Balaban J connectivity index is 1.58. The van der Waals surface area contributed by atoms with Gasteiger partial charge in [0.05, 0.1) is 12.7 Å². The van der Waals surface area contributed by atoms with E-state index in [1.165, 1.54) is 19.3 Å². The van der Waals surface area contributed by atoms with Gasteiger partial charge in [-0.2, -0.15) is 0 Å². The van der Waals surface area contributed by atoms with Gasteiger partial charge < -0.3 is 14.6 Å². The number of Topliss-reactive ketones (excluding diaryl/α,β-unsaturated/α-hetero) is 1. The minimum absolute atomic E-state index is 0.404. The molecule has 6 nitrogen and oxygen atoms in total. The van der Waals surface area contributed by atoms with Crippen LogP contribution in [0.25, 0.3) is 10.9 Å². The summed E-state index contributed by atoms with van der Waals surface area (Å²) in [5, 5.41) is 0.732. The van der Waals surface area contributed by atoms with Gasteiger partial charge in [0.15, 0.2) is 0 Å². The summed E-state index contributed by atoms with van der Waals surface area (Å²) >= 11 is 0. The van der Waals surface area contributed by atoms with E-state index < -0.39 is 11.7 Å². The Kier molecular flexibility index (Phi) is 6.12. The summed E-state index contributed by atoms with van der Waals surface area (Å²) < 4.78 is 5.24. The van der Waals surface area contributed by atoms with Crippen LogP contribution in [0.2, 0.25) is 0 Å². The second kappa shape index (κ2) is 9.11. The molecule has 0 bridgehead atoms. The van der Waals surface area contributed by atoms with E-state index in [1.54, 1.807) is 36.7 Å². The third kappa shape index (κ3) is 4.37. The van der Waals surface area contributed by atoms with E-state index in [0.29, 0.717) is 30.3 Å². The van der Waals surface area contributed by atoms with Crippen molar-refractivity contribution >= 4 is 22.6 Å². The molecule has 156 valence electrons. The smallest absolute Gasteiger partial charge is 0.295 e. The van der Waals surface area contributed by atoms with Crippen LogP contribution < -0.4 is 4.74 Å². The van der Waals surface area contributed by atoms with Crippen molar-refractivity contribution in [2.24, 2.45) is 5.92 Å². The fraction of sp³-hybridized carbons (Fsp3) is 0.375. The molecule has 1 aliphatic rings. The van der Waals surface area contributed by atoms with Crippen molar-refractivity contribution in [1.29, 1.82) is 0 Å². The van der Waals surface area contributed by atoms with Gasteiger partial charge in [0.1, 0.15) is 5.75 Å². The SMILES string of the molecule is COc1ccc2c(C(=O)C(=O)N(Cc3ccncc3)CC3CCCCC3)c[nH]c2c1. The second-order valence-electron chi connectivity index (χ2n) is 7.99. The van der Waals surface area contributed by atoms with Crippen LogP contribution in [-0.4, -0.2) is 40.2 Å². The maximum atomic E-state index is 13.3. The zero-order valence-corrected chi connectivity index (χ0v) is 17.3. The van der Waals surface area contributed by atoms with Crippen LogP contribution in [0.3, 0.4) is 0 Å². The van der Waals surface area contributed by atoms with E-state index in [9.17, 15) is 9.59 Å². The number of ketones is 1. The summed E-state index contributed by atoms with van der Waals surface area (Å²) in [7, 11) is 1.60. The molecule has 4 rings (SSSR count). The van der Waals surface area contributed by atoms with E-state index in [4.69, 9.17) is 4.74 Å². The summed E-state index contributed by atoms with van der Waals surface area (Å²) in [5.74, 6) is 0.223. The molecule has 6 heteroatoms. The third-order valence-electron chi connectivity index (χ3n) is 5.94. The lowest BCUT2D eigenvalue weighted by Gasteiger charge is -2.29. The van der Waals surface area contributed by atoms with Crippen LogP contribution in [0, 0.1) is 5.92 Å². The zero-order chi connectivity index (χ0) is 20.9. The van der Waals surface area contributed by atoms with Crippen molar-refractivity contribution in [1.82, 2.24) is 14.9 Å². The van der Waals surface area contributed by atoms with Crippen LogP contribution in [0.4, 0.5) is 0 Å². The molecule has 2 heterocycles. The lowest BCUT2D eigenvalue weighted by atomic mass is 9.88. The highest BCUT2D eigenvalue weighted by Crippen LogP contribution is 2.27. The number of hydrogen-bond donors (Lipinski definition) is 1. The maximum Gasteiger partial charge on any atom is 0.295 e. The number of carbonyl (C=O) groups excluding carboxylic acids is 2. The first-order valence-corrected chi connectivity index (χ1v) is 10.5. The van der Waals surface area contributed by atoms with Crippen molar-refractivity contribution in [3.05, 3.63) is 60.0 Å². The van der Waals surface area contributed by atoms with Crippen LogP contribution >= 0.6 is 0 Å². The lowest BCUT2D eigenvalue weighted by Crippen LogP contribution is -2.39. The number of methoxy groups -OCH3 is 1. The Labute approximate surface area is 176 Å².